The highest BCUT2D eigenvalue weighted by Crippen LogP contribution is 2.20. The number of hydrogen-bond donors (Lipinski definition) is 0. The fourth-order valence-electron chi connectivity index (χ4n) is 0.863. The van der Waals surface area contributed by atoms with Crippen molar-refractivity contribution < 1.29 is 4.39 Å². The maximum atomic E-state index is 12.9. The van der Waals surface area contributed by atoms with Gasteiger partial charge in [0.15, 0.2) is 5.69 Å². The van der Waals surface area contributed by atoms with E-state index in [9.17, 15) is 4.39 Å². The minimum absolute atomic E-state index is 0.295. The highest BCUT2D eigenvalue weighted by molar-refractivity contribution is 5.49. The zero-order valence-corrected chi connectivity index (χ0v) is 6.48. The van der Waals surface area contributed by atoms with Crippen LogP contribution in [0.15, 0.2) is 12.1 Å². The number of aryl methyl sites for hydroxylation is 1. The summed E-state index contributed by atoms with van der Waals surface area (Å²) in [4.78, 5) is 3.14. The molecule has 0 saturated heterocycles. The van der Waals surface area contributed by atoms with Gasteiger partial charge in [-0.3, -0.25) is 0 Å². The summed E-state index contributed by atoms with van der Waals surface area (Å²) < 4.78 is 12.9. The van der Waals surface area contributed by atoms with Gasteiger partial charge >= 0.3 is 0 Å². The van der Waals surface area contributed by atoms with Gasteiger partial charge in [0.05, 0.1) is 6.57 Å². The Balaban J connectivity index is 3.35. The van der Waals surface area contributed by atoms with E-state index in [-0.39, 0.29) is 5.82 Å². The molecule has 56 valence electrons. The summed E-state index contributed by atoms with van der Waals surface area (Å²) in [5, 5.41) is 0. The number of nitrogens with zero attached hydrogens (tertiary/aromatic N) is 1. The molecule has 0 spiro atoms. The molecule has 1 nitrogen and oxygen atoms in total. The van der Waals surface area contributed by atoms with Gasteiger partial charge in [-0.1, -0.05) is 11.6 Å². The molecular formula is C9H8FN. The lowest BCUT2D eigenvalue weighted by Crippen LogP contribution is -1.85. The molecule has 0 saturated carbocycles. The van der Waals surface area contributed by atoms with Crippen molar-refractivity contribution in [2.24, 2.45) is 0 Å². The lowest BCUT2D eigenvalue weighted by atomic mass is 10.1. The van der Waals surface area contributed by atoms with E-state index in [0.29, 0.717) is 11.3 Å². The minimum atomic E-state index is -0.295. The predicted molar refractivity (Wildman–Crippen MR) is 42.1 cm³/mol. The Labute approximate surface area is 65.3 Å². The highest BCUT2D eigenvalue weighted by Gasteiger charge is 2.01. The molecule has 0 aromatic heterocycles. The molecule has 0 unspecified atom stereocenters. The SMILES string of the molecule is [C-]#[N+]c1cc(C)c(C)c(F)c1. The van der Waals surface area contributed by atoms with Crippen LogP contribution in [0.3, 0.4) is 0 Å². The fourth-order valence-corrected chi connectivity index (χ4v) is 0.863. The fraction of sp³-hybridized carbons (Fsp3) is 0.222. The summed E-state index contributed by atoms with van der Waals surface area (Å²) in [6, 6.07) is 2.95. The van der Waals surface area contributed by atoms with E-state index in [1.165, 1.54) is 6.07 Å². The first-order valence-electron chi connectivity index (χ1n) is 3.29. The van der Waals surface area contributed by atoms with Gasteiger partial charge in [0.2, 0.25) is 0 Å². The van der Waals surface area contributed by atoms with Crippen LogP contribution in [-0.2, 0) is 0 Å². The molecule has 0 aliphatic heterocycles. The second-order valence-electron chi connectivity index (χ2n) is 2.48. The van der Waals surface area contributed by atoms with Gasteiger partial charge in [-0.15, -0.1) is 0 Å². The molecule has 1 aromatic carbocycles. The van der Waals surface area contributed by atoms with Crippen molar-refractivity contribution in [3.05, 3.63) is 40.5 Å². The van der Waals surface area contributed by atoms with Crippen molar-refractivity contribution in [2.75, 3.05) is 0 Å². The molecule has 0 fully saturated rings. The van der Waals surface area contributed by atoms with Crippen molar-refractivity contribution in [3.63, 3.8) is 0 Å². The molecule has 11 heavy (non-hydrogen) atoms. The Bertz CT molecular complexity index is 300. The van der Waals surface area contributed by atoms with Gasteiger partial charge in [-0.25, -0.2) is 9.24 Å². The minimum Gasteiger partial charge on any atom is -0.238 e. The van der Waals surface area contributed by atoms with Crippen LogP contribution in [0.25, 0.3) is 4.85 Å². The zero-order valence-electron chi connectivity index (χ0n) is 6.48. The quantitative estimate of drug-likeness (QED) is 0.499. The van der Waals surface area contributed by atoms with E-state index in [2.05, 4.69) is 4.85 Å². The van der Waals surface area contributed by atoms with Crippen LogP contribution < -0.4 is 0 Å². The number of benzene rings is 1. The molecule has 0 radical (unpaired) electrons. The van der Waals surface area contributed by atoms with Gasteiger partial charge < -0.3 is 0 Å². The normalized spacial score (nSPS) is 9.27. The molecule has 2 heteroatoms. The first-order chi connectivity index (χ1) is 5.15. The molecule has 0 bridgehead atoms. The molecule has 0 amide bonds. The molecule has 0 heterocycles. The zero-order chi connectivity index (χ0) is 8.43. The molecule has 1 aromatic rings. The standard InChI is InChI=1S/C9H8FN/c1-6-4-8(11-3)5-9(10)7(6)2/h4-5H,1-2H3. The van der Waals surface area contributed by atoms with Gasteiger partial charge in [0.25, 0.3) is 0 Å². The third-order valence-corrected chi connectivity index (χ3v) is 1.72. The largest absolute Gasteiger partial charge is 0.238 e. The first-order valence-corrected chi connectivity index (χ1v) is 3.29. The maximum absolute atomic E-state index is 12.9. The van der Waals surface area contributed by atoms with Crippen LogP contribution in [0, 0.1) is 26.2 Å². The van der Waals surface area contributed by atoms with Crippen LogP contribution in [0.1, 0.15) is 11.1 Å². The third kappa shape index (κ3) is 1.38. The smallest absolute Gasteiger partial charge is 0.190 e. The molecule has 1 rings (SSSR count). The van der Waals surface area contributed by atoms with Crippen LogP contribution in [0.2, 0.25) is 0 Å². The summed E-state index contributed by atoms with van der Waals surface area (Å²) in [6.45, 7) is 10.2. The summed E-state index contributed by atoms with van der Waals surface area (Å²) in [5.41, 5.74) is 1.82. The lowest BCUT2D eigenvalue weighted by Gasteiger charge is -2.00. The average molecular weight is 149 g/mol. The summed E-state index contributed by atoms with van der Waals surface area (Å²) in [7, 11) is 0. The van der Waals surface area contributed by atoms with E-state index >= 15 is 0 Å². The predicted octanol–water partition coefficient (Wildman–Crippen LogP) is 2.99. The topological polar surface area (TPSA) is 4.36 Å². The van der Waals surface area contributed by atoms with Crippen molar-refractivity contribution in [3.8, 4) is 0 Å². The summed E-state index contributed by atoms with van der Waals surface area (Å²) in [5.74, 6) is -0.295. The molecule has 0 atom stereocenters. The average Bonchev–Trinajstić information content (AvgIpc) is 1.99. The molecular weight excluding hydrogens is 141 g/mol. The summed E-state index contributed by atoms with van der Waals surface area (Å²) in [6.07, 6.45) is 0. The van der Waals surface area contributed by atoms with Crippen molar-refractivity contribution in [2.45, 2.75) is 13.8 Å². The first kappa shape index (κ1) is 7.74. The van der Waals surface area contributed by atoms with Gasteiger partial charge in [0.1, 0.15) is 5.82 Å². The van der Waals surface area contributed by atoms with E-state index in [4.69, 9.17) is 6.57 Å². The van der Waals surface area contributed by atoms with E-state index in [1.807, 2.05) is 0 Å². The van der Waals surface area contributed by atoms with E-state index in [0.717, 1.165) is 5.56 Å². The van der Waals surface area contributed by atoms with Gasteiger partial charge in [0, 0.05) is 0 Å². The highest BCUT2D eigenvalue weighted by atomic mass is 19.1. The van der Waals surface area contributed by atoms with Crippen LogP contribution >= 0.6 is 0 Å². The second-order valence-corrected chi connectivity index (χ2v) is 2.48. The van der Waals surface area contributed by atoms with Crippen molar-refractivity contribution in [1.82, 2.24) is 0 Å². The van der Waals surface area contributed by atoms with Crippen LogP contribution in [0.4, 0.5) is 10.1 Å². The number of rotatable bonds is 0. The number of hydrogen-bond acceptors (Lipinski definition) is 0. The Morgan fingerprint density at radius 1 is 1.36 bits per heavy atom. The maximum Gasteiger partial charge on any atom is 0.190 e. The summed E-state index contributed by atoms with van der Waals surface area (Å²) >= 11 is 0. The van der Waals surface area contributed by atoms with E-state index < -0.39 is 0 Å². The Kier molecular flexibility index (Phi) is 1.91. The number of halogens is 1. The van der Waals surface area contributed by atoms with E-state index in [1.54, 1.807) is 19.9 Å². The van der Waals surface area contributed by atoms with Gasteiger partial charge in [-0.05, 0) is 25.5 Å². The van der Waals surface area contributed by atoms with Gasteiger partial charge in [-0.2, -0.15) is 0 Å². The molecule has 0 aliphatic rings. The van der Waals surface area contributed by atoms with Crippen LogP contribution in [0.5, 0.6) is 0 Å². The molecule has 0 N–H and O–H groups in total. The lowest BCUT2D eigenvalue weighted by molar-refractivity contribution is 0.618. The Morgan fingerprint density at radius 2 is 2.00 bits per heavy atom. The Morgan fingerprint density at radius 3 is 2.45 bits per heavy atom. The van der Waals surface area contributed by atoms with Crippen molar-refractivity contribution >= 4 is 5.69 Å². The van der Waals surface area contributed by atoms with Crippen molar-refractivity contribution in [1.29, 1.82) is 0 Å². The molecule has 0 aliphatic carbocycles. The third-order valence-electron chi connectivity index (χ3n) is 1.72. The Hall–Kier alpha value is -1.36. The monoisotopic (exact) mass is 149 g/mol. The second kappa shape index (κ2) is 2.71. The van der Waals surface area contributed by atoms with Crippen LogP contribution in [-0.4, -0.2) is 0 Å².